The number of thiazole rings is 1. The highest BCUT2D eigenvalue weighted by Crippen LogP contribution is 2.23. The first-order chi connectivity index (χ1) is 4.81. The minimum absolute atomic E-state index is 0.159. The van der Waals surface area contributed by atoms with Gasteiger partial charge in [-0.1, -0.05) is 0 Å². The quantitative estimate of drug-likeness (QED) is 0.595. The third kappa shape index (κ3) is 0.767. The molecule has 0 aromatic carbocycles. The minimum Gasteiger partial charge on any atom is -0.317 e. The maximum Gasteiger partial charge on any atom is 0.115 e. The summed E-state index contributed by atoms with van der Waals surface area (Å²) in [6.07, 6.45) is 1.80. The van der Waals surface area contributed by atoms with Gasteiger partial charge in [0, 0.05) is 24.7 Å². The molecule has 1 aromatic rings. The van der Waals surface area contributed by atoms with E-state index >= 15 is 0 Å². The van der Waals surface area contributed by atoms with Gasteiger partial charge in [-0.2, -0.15) is 0 Å². The van der Waals surface area contributed by atoms with Gasteiger partial charge < -0.3 is 11.1 Å². The van der Waals surface area contributed by atoms with Gasteiger partial charge in [-0.3, -0.25) is 0 Å². The molecular formula is C6H9N3S. The number of aromatic nitrogens is 1. The number of hydrogen-bond donors (Lipinski definition) is 2. The highest BCUT2D eigenvalue weighted by atomic mass is 32.1. The van der Waals surface area contributed by atoms with Gasteiger partial charge in [-0.15, -0.1) is 11.3 Å². The molecule has 1 aliphatic rings. The summed E-state index contributed by atoms with van der Waals surface area (Å²) in [5.74, 6) is 0. The van der Waals surface area contributed by atoms with E-state index in [2.05, 4.69) is 10.3 Å². The first-order valence-corrected chi connectivity index (χ1v) is 4.09. The van der Waals surface area contributed by atoms with Crippen LogP contribution in [-0.4, -0.2) is 18.1 Å². The van der Waals surface area contributed by atoms with Crippen LogP contribution in [0.2, 0.25) is 0 Å². The van der Waals surface area contributed by atoms with Gasteiger partial charge in [0.25, 0.3) is 0 Å². The first-order valence-electron chi connectivity index (χ1n) is 3.21. The zero-order valence-corrected chi connectivity index (χ0v) is 6.32. The summed E-state index contributed by atoms with van der Waals surface area (Å²) >= 11 is 1.63. The van der Waals surface area contributed by atoms with Crippen molar-refractivity contribution in [3.8, 4) is 0 Å². The molecule has 3 nitrogen and oxygen atoms in total. The van der Waals surface area contributed by atoms with E-state index in [1.807, 2.05) is 5.38 Å². The number of nitrogens with zero attached hydrogens (tertiary/aromatic N) is 1. The van der Waals surface area contributed by atoms with Gasteiger partial charge in [0.05, 0.1) is 5.54 Å². The topological polar surface area (TPSA) is 50.9 Å². The monoisotopic (exact) mass is 155 g/mol. The molecule has 0 spiro atoms. The molecule has 10 heavy (non-hydrogen) atoms. The van der Waals surface area contributed by atoms with E-state index in [0.29, 0.717) is 0 Å². The molecule has 0 atom stereocenters. The van der Waals surface area contributed by atoms with Crippen LogP contribution >= 0.6 is 11.3 Å². The lowest BCUT2D eigenvalue weighted by Gasteiger charge is -2.36. The van der Waals surface area contributed by atoms with Crippen molar-refractivity contribution >= 4 is 11.3 Å². The predicted molar refractivity (Wildman–Crippen MR) is 40.8 cm³/mol. The Bertz CT molecular complexity index is 215. The summed E-state index contributed by atoms with van der Waals surface area (Å²) in [4.78, 5) is 4.16. The van der Waals surface area contributed by atoms with Crippen molar-refractivity contribution < 1.29 is 0 Å². The van der Waals surface area contributed by atoms with Crippen LogP contribution in [-0.2, 0) is 5.54 Å². The molecule has 0 saturated carbocycles. The Morgan fingerprint density at radius 1 is 1.70 bits per heavy atom. The Labute approximate surface area is 63.3 Å². The normalized spacial score (nSPS) is 22.1. The van der Waals surface area contributed by atoms with Crippen molar-refractivity contribution in [2.24, 2.45) is 5.73 Å². The summed E-state index contributed by atoms with van der Waals surface area (Å²) in [5, 5.41) is 6.14. The van der Waals surface area contributed by atoms with Crippen LogP contribution in [0.25, 0.3) is 0 Å². The van der Waals surface area contributed by atoms with Gasteiger partial charge >= 0.3 is 0 Å². The van der Waals surface area contributed by atoms with Crippen LogP contribution in [0.4, 0.5) is 0 Å². The van der Waals surface area contributed by atoms with Crippen LogP contribution in [0, 0.1) is 0 Å². The fraction of sp³-hybridized carbons (Fsp3) is 0.500. The number of rotatable bonds is 1. The first kappa shape index (κ1) is 6.27. The maximum atomic E-state index is 5.95. The Morgan fingerprint density at radius 3 is 2.90 bits per heavy atom. The van der Waals surface area contributed by atoms with Crippen LogP contribution < -0.4 is 11.1 Å². The zero-order valence-electron chi connectivity index (χ0n) is 5.50. The molecule has 1 aromatic heterocycles. The van der Waals surface area contributed by atoms with Gasteiger partial charge in [0.1, 0.15) is 5.01 Å². The molecule has 0 radical (unpaired) electrons. The molecule has 2 rings (SSSR count). The van der Waals surface area contributed by atoms with Crippen molar-refractivity contribution in [1.82, 2.24) is 10.3 Å². The molecule has 1 aliphatic heterocycles. The molecule has 54 valence electrons. The lowest BCUT2D eigenvalue weighted by atomic mass is 9.95. The van der Waals surface area contributed by atoms with Crippen LogP contribution in [0.1, 0.15) is 5.01 Å². The highest BCUT2D eigenvalue weighted by Gasteiger charge is 2.36. The maximum absolute atomic E-state index is 5.95. The van der Waals surface area contributed by atoms with Crippen molar-refractivity contribution in [2.45, 2.75) is 5.54 Å². The van der Waals surface area contributed by atoms with E-state index < -0.39 is 0 Å². The summed E-state index contributed by atoms with van der Waals surface area (Å²) in [6, 6.07) is 0. The average Bonchev–Trinajstić information content (AvgIpc) is 2.33. The van der Waals surface area contributed by atoms with Gasteiger partial charge in [0.15, 0.2) is 0 Å². The fourth-order valence-corrected chi connectivity index (χ4v) is 1.77. The molecule has 2 heterocycles. The van der Waals surface area contributed by atoms with E-state index in [4.69, 9.17) is 5.73 Å². The number of hydrogen-bond acceptors (Lipinski definition) is 4. The summed E-state index contributed by atoms with van der Waals surface area (Å²) in [6.45, 7) is 1.72. The second-order valence-electron chi connectivity index (χ2n) is 2.60. The van der Waals surface area contributed by atoms with E-state index in [0.717, 1.165) is 18.1 Å². The van der Waals surface area contributed by atoms with Crippen LogP contribution in [0.3, 0.4) is 0 Å². The Kier molecular flexibility index (Phi) is 1.26. The van der Waals surface area contributed by atoms with Gasteiger partial charge in [-0.05, 0) is 0 Å². The van der Waals surface area contributed by atoms with Crippen LogP contribution in [0.5, 0.6) is 0 Å². The number of nitrogens with one attached hydrogen (secondary N) is 1. The molecule has 0 bridgehead atoms. The standard InChI is InChI=1S/C6H9N3S/c7-6(3-8-4-6)5-9-1-2-10-5/h1-2,8H,3-4,7H2. The third-order valence-electron chi connectivity index (χ3n) is 1.74. The molecule has 1 saturated heterocycles. The Balaban J connectivity index is 2.27. The molecule has 3 N–H and O–H groups in total. The molecular weight excluding hydrogens is 146 g/mol. The second kappa shape index (κ2) is 2.02. The summed E-state index contributed by atoms with van der Waals surface area (Å²) in [7, 11) is 0. The van der Waals surface area contributed by atoms with Crippen LogP contribution in [0.15, 0.2) is 11.6 Å². The smallest absolute Gasteiger partial charge is 0.115 e. The lowest BCUT2D eigenvalue weighted by Crippen LogP contribution is -2.62. The molecule has 0 aliphatic carbocycles. The minimum atomic E-state index is -0.159. The molecule has 0 unspecified atom stereocenters. The largest absolute Gasteiger partial charge is 0.317 e. The SMILES string of the molecule is NC1(c2nccs2)CNC1. The van der Waals surface area contributed by atoms with E-state index in [1.54, 1.807) is 17.5 Å². The third-order valence-corrected chi connectivity index (χ3v) is 2.73. The van der Waals surface area contributed by atoms with Crippen molar-refractivity contribution in [2.75, 3.05) is 13.1 Å². The average molecular weight is 155 g/mol. The lowest BCUT2D eigenvalue weighted by molar-refractivity contribution is 0.286. The predicted octanol–water partition coefficient (Wildman–Crippen LogP) is -0.0997. The van der Waals surface area contributed by atoms with Gasteiger partial charge in [0.2, 0.25) is 0 Å². The summed E-state index contributed by atoms with van der Waals surface area (Å²) in [5.41, 5.74) is 5.80. The summed E-state index contributed by atoms with van der Waals surface area (Å²) < 4.78 is 0. The Morgan fingerprint density at radius 2 is 2.50 bits per heavy atom. The molecule has 4 heteroatoms. The zero-order chi connectivity index (χ0) is 7.03. The number of nitrogens with two attached hydrogens (primary N) is 1. The Hall–Kier alpha value is -0.450. The van der Waals surface area contributed by atoms with E-state index in [-0.39, 0.29) is 5.54 Å². The molecule has 1 fully saturated rings. The molecule has 0 amide bonds. The highest BCUT2D eigenvalue weighted by molar-refractivity contribution is 7.09. The fourth-order valence-electron chi connectivity index (χ4n) is 1.01. The van der Waals surface area contributed by atoms with Crippen molar-refractivity contribution in [1.29, 1.82) is 0 Å². The van der Waals surface area contributed by atoms with E-state index in [1.165, 1.54) is 0 Å². The van der Waals surface area contributed by atoms with Gasteiger partial charge in [-0.25, -0.2) is 4.98 Å². The van der Waals surface area contributed by atoms with Crippen molar-refractivity contribution in [3.05, 3.63) is 16.6 Å². The second-order valence-corrected chi connectivity index (χ2v) is 3.49. The van der Waals surface area contributed by atoms with Crippen molar-refractivity contribution in [3.63, 3.8) is 0 Å². The van der Waals surface area contributed by atoms with E-state index in [9.17, 15) is 0 Å².